The average Bonchev–Trinajstić information content (AvgIpc) is 3.38. The quantitative estimate of drug-likeness (QED) is 0.701. The van der Waals surface area contributed by atoms with E-state index in [4.69, 9.17) is 11.6 Å². The van der Waals surface area contributed by atoms with Crippen molar-refractivity contribution in [1.82, 2.24) is 20.4 Å². The van der Waals surface area contributed by atoms with Crippen LogP contribution >= 0.6 is 11.6 Å². The Hall–Kier alpha value is -2.61. The van der Waals surface area contributed by atoms with Gasteiger partial charge < -0.3 is 15.5 Å². The maximum atomic E-state index is 12.9. The second-order valence-electron chi connectivity index (χ2n) is 7.02. The lowest BCUT2D eigenvalue weighted by molar-refractivity contribution is -0.139. The number of hydrogen-bond acceptors (Lipinski definition) is 4. The number of amides is 5. The molecule has 2 N–H and O–H groups in total. The van der Waals surface area contributed by atoms with Gasteiger partial charge >= 0.3 is 6.03 Å². The minimum Gasteiger partial charge on any atom is -0.352 e. The predicted molar refractivity (Wildman–Crippen MR) is 97.9 cm³/mol. The highest BCUT2D eigenvalue weighted by Crippen LogP contribution is 2.33. The smallest absolute Gasteiger partial charge is 0.325 e. The fraction of sp³-hybridized carbons (Fsp3) is 0.444. The topological polar surface area (TPSA) is 98.8 Å². The van der Waals surface area contributed by atoms with Gasteiger partial charge in [0, 0.05) is 23.7 Å². The van der Waals surface area contributed by atoms with E-state index in [0.29, 0.717) is 10.6 Å². The van der Waals surface area contributed by atoms with Crippen molar-refractivity contribution in [3.05, 3.63) is 34.9 Å². The lowest BCUT2D eigenvalue weighted by atomic mass is 9.92. The van der Waals surface area contributed by atoms with Crippen molar-refractivity contribution in [3.8, 4) is 0 Å². The van der Waals surface area contributed by atoms with E-state index < -0.39 is 29.9 Å². The zero-order valence-electron chi connectivity index (χ0n) is 15.1. The van der Waals surface area contributed by atoms with E-state index in [1.165, 1.54) is 11.9 Å². The second kappa shape index (κ2) is 7.19. The lowest BCUT2D eigenvalue weighted by Gasteiger charge is -2.24. The number of halogens is 1. The average molecular weight is 393 g/mol. The van der Waals surface area contributed by atoms with Crippen molar-refractivity contribution in [1.29, 1.82) is 0 Å². The van der Waals surface area contributed by atoms with Crippen LogP contribution in [0.1, 0.15) is 25.3 Å². The molecule has 2 aliphatic rings. The molecule has 1 aliphatic heterocycles. The molecular formula is C18H21ClN4O4. The molecule has 0 radical (unpaired) electrons. The first-order valence-electron chi connectivity index (χ1n) is 8.65. The van der Waals surface area contributed by atoms with Crippen LogP contribution in [0, 0.1) is 0 Å². The Kier molecular flexibility index (Phi) is 5.10. The largest absolute Gasteiger partial charge is 0.352 e. The van der Waals surface area contributed by atoms with Crippen LogP contribution in [0.15, 0.2) is 24.3 Å². The van der Waals surface area contributed by atoms with Crippen LogP contribution in [0.5, 0.6) is 0 Å². The molecule has 1 heterocycles. The molecule has 1 saturated carbocycles. The molecule has 5 amide bonds. The van der Waals surface area contributed by atoms with Gasteiger partial charge in [0.15, 0.2) is 0 Å². The molecule has 1 aromatic rings. The Morgan fingerprint density at radius 3 is 2.63 bits per heavy atom. The third kappa shape index (κ3) is 3.90. The van der Waals surface area contributed by atoms with Crippen LogP contribution in [0.4, 0.5) is 4.79 Å². The SMILES string of the molecule is CN(CC(=O)NC1CC1)C(=O)CN1C(=O)N[C@@](C)(c2ccccc2Cl)C1=O. The minimum atomic E-state index is -1.35. The highest BCUT2D eigenvalue weighted by Gasteiger charge is 2.50. The summed E-state index contributed by atoms with van der Waals surface area (Å²) in [5, 5.41) is 5.74. The van der Waals surface area contributed by atoms with Crippen LogP contribution < -0.4 is 10.6 Å². The molecule has 27 heavy (non-hydrogen) atoms. The number of urea groups is 1. The minimum absolute atomic E-state index is 0.124. The van der Waals surface area contributed by atoms with Gasteiger partial charge in [-0.2, -0.15) is 0 Å². The fourth-order valence-corrected chi connectivity index (χ4v) is 3.28. The number of benzene rings is 1. The van der Waals surface area contributed by atoms with E-state index in [-0.39, 0.29) is 18.5 Å². The van der Waals surface area contributed by atoms with Crippen molar-refractivity contribution in [2.75, 3.05) is 20.1 Å². The van der Waals surface area contributed by atoms with Crippen LogP contribution in [0.25, 0.3) is 0 Å². The van der Waals surface area contributed by atoms with Gasteiger partial charge in [0.05, 0.1) is 6.54 Å². The number of carbonyl (C=O) groups is 4. The fourth-order valence-electron chi connectivity index (χ4n) is 2.95. The van der Waals surface area contributed by atoms with Crippen molar-refractivity contribution in [2.45, 2.75) is 31.3 Å². The summed E-state index contributed by atoms with van der Waals surface area (Å²) in [6, 6.07) is 6.24. The standard InChI is InChI=1S/C18H21ClN4O4/c1-18(12-5-3-4-6-13(12)19)16(26)23(17(27)21-18)10-15(25)22(2)9-14(24)20-11-7-8-11/h3-6,11H,7-10H2,1-2H3,(H,20,24)(H,21,27)/t18-/m0/s1. The van der Waals surface area contributed by atoms with Crippen molar-refractivity contribution in [2.24, 2.45) is 0 Å². The maximum Gasteiger partial charge on any atom is 0.325 e. The maximum absolute atomic E-state index is 12.9. The summed E-state index contributed by atoms with van der Waals surface area (Å²) < 4.78 is 0. The molecule has 1 atom stereocenters. The summed E-state index contributed by atoms with van der Waals surface area (Å²) in [5.41, 5.74) is -0.894. The molecule has 8 nitrogen and oxygen atoms in total. The van der Waals surface area contributed by atoms with Crippen LogP contribution in [-0.2, 0) is 19.9 Å². The van der Waals surface area contributed by atoms with Gasteiger partial charge in [0.25, 0.3) is 5.91 Å². The Labute approximate surface area is 161 Å². The first-order valence-corrected chi connectivity index (χ1v) is 9.02. The summed E-state index contributed by atoms with van der Waals surface area (Å²) >= 11 is 6.17. The first kappa shape index (κ1) is 19.2. The highest BCUT2D eigenvalue weighted by molar-refractivity contribution is 6.32. The van der Waals surface area contributed by atoms with Crippen LogP contribution in [0.2, 0.25) is 5.02 Å². The number of imide groups is 1. The molecule has 1 aromatic carbocycles. The summed E-state index contributed by atoms with van der Waals surface area (Å²) in [5.74, 6) is -1.33. The predicted octanol–water partition coefficient (Wildman–Crippen LogP) is 0.844. The number of nitrogens with one attached hydrogen (secondary N) is 2. The van der Waals surface area contributed by atoms with Gasteiger partial charge in [0.1, 0.15) is 12.1 Å². The molecule has 1 aliphatic carbocycles. The van der Waals surface area contributed by atoms with Crippen molar-refractivity contribution < 1.29 is 19.2 Å². The van der Waals surface area contributed by atoms with Gasteiger partial charge in [-0.1, -0.05) is 29.8 Å². The van der Waals surface area contributed by atoms with Crippen LogP contribution in [-0.4, -0.2) is 59.7 Å². The van der Waals surface area contributed by atoms with Crippen LogP contribution in [0.3, 0.4) is 0 Å². The summed E-state index contributed by atoms with van der Waals surface area (Å²) in [6.07, 6.45) is 1.90. The Morgan fingerprint density at radius 2 is 2.00 bits per heavy atom. The Morgan fingerprint density at radius 1 is 1.33 bits per heavy atom. The highest BCUT2D eigenvalue weighted by atomic mass is 35.5. The molecule has 144 valence electrons. The Balaban J connectivity index is 1.67. The zero-order chi connectivity index (χ0) is 19.8. The molecule has 0 bridgehead atoms. The van der Waals surface area contributed by atoms with Crippen molar-refractivity contribution >= 4 is 35.4 Å². The van der Waals surface area contributed by atoms with E-state index in [0.717, 1.165) is 17.7 Å². The van der Waals surface area contributed by atoms with Crippen molar-refractivity contribution in [3.63, 3.8) is 0 Å². The molecule has 0 spiro atoms. The van der Waals surface area contributed by atoms with Gasteiger partial charge in [-0.3, -0.25) is 19.3 Å². The molecule has 0 unspecified atom stereocenters. The lowest BCUT2D eigenvalue weighted by Crippen LogP contribution is -2.46. The summed E-state index contributed by atoms with van der Waals surface area (Å²) in [7, 11) is 1.46. The van der Waals surface area contributed by atoms with E-state index in [1.807, 2.05) is 0 Å². The molecule has 2 fully saturated rings. The van der Waals surface area contributed by atoms with Gasteiger partial charge in [-0.15, -0.1) is 0 Å². The molecule has 0 aromatic heterocycles. The third-order valence-corrected chi connectivity index (χ3v) is 5.06. The Bertz CT molecular complexity index is 810. The summed E-state index contributed by atoms with van der Waals surface area (Å²) in [6.45, 7) is 0.977. The second-order valence-corrected chi connectivity index (χ2v) is 7.43. The van der Waals surface area contributed by atoms with E-state index in [2.05, 4.69) is 10.6 Å². The molecule has 3 rings (SSSR count). The van der Waals surface area contributed by atoms with E-state index in [9.17, 15) is 19.2 Å². The van der Waals surface area contributed by atoms with Gasteiger partial charge in [0.2, 0.25) is 11.8 Å². The molecule has 1 saturated heterocycles. The number of carbonyl (C=O) groups excluding carboxylic acids is 4. The number of hydrogen-bond donors (Lipinski definition) is 2. The number of likely N-dealkylation sites (N-methyl/N-ethyl adjacent to an activating group) is 1. The first-order chi connectivity index (χ1) is 12.7. The van der Waals surface area contributed by atoms with E-state index in [1.54, 1.807) is 31.2 Å². The number of rotatable bonds is 6. The van der Waals surface area contributed by atoms with E-state index >= 15 is 0 Å². The van der Waals surface area contributed by atoms with Gasteiger partial charge in [-0.25, -0.2) is 4.79 Å². The zero-order valence-corrected chi connectivity index (χ0v) is 15.9. The number of nitrogens with zero attached hydrogens (tertiary/aromatic N) is 2. The van der Waals surface area contributed by atoms with Gasteiger partial charge in [-0.05, 0) is 25.8 Å². The molecule has 9 heteroatoms. The normalized spacial score (nSPS) is 21.8. The monoisotopic (exact) mass is 392 g/mol. The third-order valence-electron chi connectivity index (χ3n) is 4.73. The summed E-state index contributed by atoms with van der Waals surface area (Å²) in [4.78, 5) is 51.4. The molecular weight excluding hydrogens is 372 g/mol.